The first-order valence-electron chi connectivity index (χ1n) is 7.35. The first-order chi connectivity index (χ1) is 9.08. The van der Waals surface area contributed by atoms with Crippen LogP contribution in [-0.4, -0.2) is 20.6 Å². The van der Waals surface area contributed by atoms with Crippen molar-refractivity contribution in [2.75, 3.05) is 0 Å². The molecular weight excluding hydrogens is 240 g/mol. The van der Waals surface area contributed by atoms with Gasteiger partial charge in [0.25, 0.3) is 0 Å². The smallest absolute Gasteiger partial charge is 0.306 e. The molecule has 0 amide bonds. The Morgan fingerprint density at radius 1 is 1.37 bits per heavy atom. The maximum absolute atomic E-state index is 11.1. The van der Waals surface area contributed by atoms with Crippen molar-refractivity contribution in [3.8, 4) is 0 Å². The Hall–Kier alpha value is -1.32. The molecule has 1 fully saturated rings. The van der Waals surface area contributed by atoms with E-state index >= 15 is 0 Å². The number of carboxylic acid groups (broad SMARTS) is 1. The van der Waals surface area contributed by atoms with Crippen LogP contribution in [0.2, 0.25) is 0 Å². The van der Waals surface area contributed by atoms with Crippen molar-refractivity contribution >= 4 is 5.97 Å². The first kappa shape index (κ1) is 12.7. The third kappa shape index (κ3) is 2.07. The molecule has 104 valence electrons. The standard InChI is InChI=1S/C15H22N2O2/c1-9-4-3-5-11(9)14-16-12-8-10(15(18)19)6-7-13(12)17(14)2/h9-11H,3-8H2,1-2H3,(H,18,19). The number of imidazole rings is 1. The van der Waals surface area contributed by atoms with Gasteiger partial charge in [0.2, 0.25) is 0 Å². The summed E-state index contributed by atoms with van der Waals surface area (Å²) in [7, 11) is 2.10. The number of rotatable bonds is 2. The molecule has 0 bridgehead atoms. The zero-order valence-corrected chi connectivity index (χ0v) is 11.7. The molecule has 0 radical (unpaired) electrons. The predicted molar refractivity (Wildman–Crippen MR) is 72.1 cm³/mol. The summed E-state index contributed by atoms with van der Waals surface area (Å²) in [5.74, 6) is 1.56. The van der Waals surface area contributed by atoms with Gasteiger partial charge in [0, 0.05) is 25.1 Å². The lowest BCUT2D eigenvalue weighted by Gasteiger charge is -2.19. The first-order valence-corrected chi connectivity index (χ1v) is 7.35. The molecule has 1 aromatic rings. The van der Waals surface area contributed by atoms with Gasteiger partial charge in [-0.1, -0.05) is 13.3 Å². The summed E-state index contributed by atoms with van der Waals surface area (Å²) >= 11 is 0. The molecule has 3 atom stereocenters. The highest BCUT2D eigenvalue weighted by Crippen LogP contribution is 2.40. The molecule has 3 rings (SSSR count). The van der Waals surface area contributed by atoms with Crippen molar-refractivity contribution in [1.29, 1.82) is 0 Å². The van der Waals surface area contributed by atoms with Crippen molar-refractivity contribution in [3.05, 3.63) is 17.2 Å². The molecule has 19 heavy (non-hydrogen) atoms. The Kier molecular flexibility index (Phi) is 3.11. The predicted octanol–water partition coefficient (Wildman–Crippen LogP) is 2.51. The normalized spacial score (nSPS) is 30.3. The molecule has 0 spiro atoms. The largest absolute Gasteiger partial charge is 0.481 e. The Morgan fingerprint density at radius 2 is 2.16 bits per heavy atom. The summed E-state index contributed by atoms with van der Waals surface area (Å²) in [6.07, 6.45) is 6.03. The molecule has 1 N–H and O–H groups in total. The molecule has 0 saturated heterocycles. The molecule has 2 aliphatic rings. The minimum atomic E-state index is -0.674. The number of fused-ring (bicyclic) bond motifs is 1. The third-order valence-electron chi connectivity index (χ3n) is 5.04. The van der Waals surface area contributed by atoms with Crippen LogP contribution < -0.4 is 0 Å². The average molecular weight is 262 g/mol. The molecular formula is C15H22N2O2. The van der Waals surface area contributed by atoms with E-state index in [1.165, 1.54) is 30.8 Å². The van der Waals surface area contributed by atoms with E-state index in [2.05, 4.69) is 18.5 Å². The number of carbonyl (C=O) groups is 1. The van der Waals surface area contributed by atoms with E-state index in [-0.39, 0.29) is 5.92 Å². The number of hydrogen-bond donors (Lipinski definition) is 1. The summed E-state index contributed by atoms with van der Waals surface area (Å²) in [6, 6.07) is 0. The molecule has 2 aliphatic carbocycles. The van der Waals surface area contributed by atoms with Gasteiger partial charge in [-0.3, -0.25) is 4.79 Å². The molecule has 1 heterocycles. The number of nitrogens with zero attached hydrogens (tertiary/aromatic N) is 2. The van der Waals surface area contributed by atoms with Crippen LogP contribution in [0.3, 0.4) is 0 Å². The van der Waals surface area contributed by atoms with Crippen LogP contribution in [0.1, 0.15) is 55.7 Å². The number of aromatic nitrogens is 2. The summed E-state index contributed by atoms with van der Waals surface area (Å²) < 4.78 is 2.25. The highest BCUT2D eigenvalue weighted by Gasteiger charge is 2.33. The van der Waals surface area contributed by atoms with Crippen molar-refractivity contribution in [3.63, 3.8) is 0 Å². The summed E-state index contributed by atoms with van der Waals surface area (Å²) in [4.78, 5) is 15.9. The van der Waals surface area contributed by atoms with Crippen molar-refractivity contribution in [2.45, 2.75) is 51.4 Å². The van der Waals surface area contributed by atoms with Crippen molar-refractivity contribution in [2.24, 2.45) is 18.9 Å². The van der Waals surface area contributed by atoms with Gasteiger partial charge in [-0.2, -0.15) is 0 Å². The highest BCUT2D eigenvalue weighted by molar-refractivity contribution is 5.70. The van der Waals surface area contributed by atoms with Gasteiger partial charge in [0.1, 0.15) is 5.82 Å². The summed E-state index contributed by atoms with van der Waals surface area (Å²) in [6.45, 7) is 2.31. The van der Waals surface area contributed by atoms with Crippen LogP contribution in [0, 0.1) is 11.8 Å². The van der Waals surface area contributed by atoms with E-state index in [1.54, 1.807) is 0 Å². The van der Waals surface area contributed by atoms with Crippen LogP contribution in [0.5, 0.6) is 0 Å². The van der Waals surface area contributed by atoms with E-state index in [0.29, 0.717) is 18.3 Å². The van der Waals surface area contributed by atoms with Gasteiger partial charge in [-0.05, 0) is 31.6 Å². The quantitative estimate of drug-likeness (QED) is 0.891. The van der Waals surface area contributed by atoms with E-state index in [4.69, 9.17) is 10.1 Å². The number of hydrogen-bond acceptors (Lipinski definition) is 2. The second-order valence-corrected chi connectivity index (χ2v) is 6.22. The van der Waals surface area contributed by atoms with Crippen molar-refractivity contribution in [1.82, 2.24) is 9.55 Å². The van der Waals surface area contributed by atoms with E-state index in [0.717, 1.165) is 18.5 Å². The zero-order valence-electron chi connectivity index (χ0n) is 11.7. The average Bonchev–Trinajstić information content (AvgIpc) is 2.93. The van der Waals surface area contributed by atoms with Crippen LogP contribution >= 0.6 is 0 Å². The fourth-order valence-corrected chi connectivity index (χ4v) is 3.80. The molecule has 0 aromatic carbocycles. The van der Waals surface area contributed by atoms with Gasteiger partial charge in [0.15, 0.2) is 0 Å². The maximum Gasteiger partial charge on any atom is 0.306 e. The highest BCUT2D eigenvalue weighted by atomic mass is 16.4. The van der Waals surface area contributed by atoms with Crippen LogP contribution in [0.4, 0.5) is 0 Å². The molecule has 3 unspecified atom stereocenters. The zero-order chi connectivity index (χ0) is 13.6. The number of carboxylic acids is 1. The number of aliphatic carboxylic acids is 1. The lowest BCUT2D eigenvalue weighted by molar-refractivity contribution is -0.142. The summed E-state index contributed by atoms with van der Waals surface area (Å²) in [5, 5.41) is 9.16. The van der Waals surface area contributed by atoms with Gasteiger partial charge in [-0.25, -0.2) is 4.98 Å². The third-order valence-corrected chi connectivity index (χ3v) is 5.04. The van der Waals surface area contributed by atoms with Gasteiger partial charge in [-0.15, -0.1) is 0 Å². The fraction of sp³-hybridized carbons (Fsp3) is 0.733. The fourth-order valence-electron chi connectivity index (χ4n) is 3.80. The SMILES string of the molecule is CC1CCCC1c1nc2c(n1C)CCC(C(=O)O)C2. The Morgan fingerprint density at radius 3 is 2.79 bits per heavy atom. The molecule has 1 saturated carbocycles. The van der Waals surface area contributed by atoms with Gasteiger partial charge >= 0.3 is 5.97 Å². The molecule has 4 heteroatoms. The van der Waals surface area contributed by atoms with Crippen LogP contribution in [0.25, 0.3) is 0 Å². The van der Waals surface area contributed by atoms with E-state index < -0.39 is 5.97 Å². The van der Waals surface area contributed by atoms with E-state index in [9.17, 15) is 4.79 Å². The van der Waals surface area contributed by atoms with Crippen LogP contribution in [0.15, 0.2) is 0 Å². The minimum Gasteiger partial charge on any atom is -0.481 e. The summed E-state index contributed by atoms with van der Waals surface area (Å²) in [5.41, 5.74) is 2.31. The molecule has 0 aliphatic heterocycles. The topological polar surface area (TPSA) is 55.1 Å². The van der Waals surface area contributed by atoms with Gasteiger partial charge in [0.05, 0.1) is 11.6 Å². The maximum atomic E-state index is 11.1. The van der Waals surface area contributed by atoms with Gasteiger partial charge < -0.3 is 9.67 Å². The lowest BCUT2D eigenvalue weighted by atomic mass is 9.90. The van der Waals surface area contributed by atoms with E-state index in [1.807, 2.05) is 0 Å². The monoisotopic (exact) mass is 262 g/mol. The Bertz CT molecular complexity index is 506. The lowest BCUT2D eigenvalue weighted by Crippen LogP contribution is -2.22. The second kappa shape index (κ2) is 4.66. The second-order valence-electron chi connectivity index (χ2n) is 6.22. The van der Waals surface area contributed by atoms with Crippen LogP contribution in [-0.2, 0) is 24.7 Å². The Labute approximate surface area is 113 Å². The van der Waals surface area contributed by atoms with Crippen molar-refractivity contribution < 1.29 is 9.90 Å². The molecule has 1 aromatic heterocycles. The molecule has 4 nitrogen and oxygen atoms in total. The Balaban J connectivity index is 1.91. The minimum absolute atomic E-state index is 0.240.